The van der Waals surface area contributed by atoms with E-state index in [0.29, 0.717) is 5.92 Å². The Kier molecular flexibility index (Phi) is 4.92. The predicted octanol–water partition coefficient (Wildman–Crippen LogP) is 2.05. The van der Waals surface area contributed by atoms with Gasteiger partial charge in [-0.2, -0.15) is 5.10 Å². The average molecular weight is 235 g/mol. The van der Waals surface area contributed by atoms with Crippen LogP contribution >= 0.6 is 12.2 Å². The van der Waals surface area contributed by atoms with Crippen LogP contribution in [0.5, 0.6) is 0 Å². The second-order valence-corrected chi connectivity index (χ2v) is 4.51. The van der Waals surface area contributed by atoms with Gasteiger partial charge in [-0.1, -0.05) is 38.1 Å². The zero-order chi connectivity index (χ0) is 12.0. The van der Waals surface area contributed by atoms with Gasteiger partial charge in [0.25, 0.3) is 0 Å². The van der Waals surface area contributed by atoms with Crippen LogP contribution in [0.4, 0.5) is 0 Å². The third kappa shape index (κ3) is 4.89. The lowest BCUT2D eigenvalue weighted by Gasteiger charge is -2.04. The lowest BCUT2D eigenvalue weighted by Crippen LogP contribution is -2.23. The first kappa shape index (κ1) is 12.6. The minimum Gasteiger partial charge on any atom is -0.375 e. The molecule has 3 nitrogen and oxygen atoms in total. The molecule has 0 heterocycles. The van der Waals surface area contributed by atoms with E-state index in [9.17, 15) is 0 Å². The minimum absolute atomic E-state index is 0.174. The van der Waals surface area contributed by atoms with E-state index in [1.807, 2.05) is 12.1 Å². The third-order valence-electron chi connectivity index (χ3n) is 2.01. The number of hydrogen-bond acceptors (Lipinski definition) is 2. The van der Waals surface area contributed by atoms with Gasteiger partial charge in [-0.25, -0.2) is 0 Å². The first-order valence-corrected chi connectivity index (χ1v) is 5.66. The Morgan fingerprint density at radius 1 is 1.44 bits per heavy atom. The monoisotopic (exact) mass is 235 g/mol. The van der Waals surface area contributed by atoms with E-state index < -0.39 is 0 Å². The van der Waals surface area contributed by atoms with E-state index in [2.05, 4.69) is 48.7 Å². The van der Waals surface area contributed by atoms with Crippen molar-refractivity contribution in [3.8, 4) is 0 Å². The fourth-order valence-electron chi connectivity index (χ4n) is 1.38. The summed E-state index contributed by atoms with van der Waals surface area (Å²) < 4.78 is 0. The highest BCUT2D eigenvalue weighted by molar-refractivity contribution is 7.80. The Morgan fingerprint density at radius 3 is 2.56 bits per heavy atom. The molecule has 0 spiro atoms. The van der Waals surface area contributed by atoms with E-state index in [4.69, 9.17) is 5.73 Å². The molecule has 16 heavy (non-hydrogen) atoms. The molecular formula is C12H17N3S. The Bertz CT molecular complexity index is 368. The number of nitrogens with two attached hydrogens (primary N) is 1. The molecule has 0 amide bonds. The topological polar surface area (TPSA) is 50.4 Å². The second kappa shape index (κ2) is 6.23. The fourth-order valence-corrected chi connectivity index (χ4v) is 1.43. The molecule has 0 saturated carbocycles. The molecule has 0 saturated heterocycles. The third-order valence-corrected chi connectivity index (χ3v) is 2.10. The van der Waals surface area contributed by atoms with Gasteiger partial charge in [-0.05, 0) is 35.7 Å². The summed E-state index contributed by atoms with van der Waals surface area (Å²) in [7, 11) is 0. The van der Waals surface area contributed by atoms with Crippen molar-refractivity contribution in [1.29, 1.82) is 0 Å². The number of thiocarbonyl (C=S) groups is 1. The summed E-state index contributed by atoms with van der Waals surface area (Å²) in [5, 5.41) is 4.06. The molecule has 0 aliphatic carbocycles. The molecular weight excluding hydrogens is 218 g/mol. The van der Waals surface area contributed by atoms with Crippen molar-refractivity contribution in [3.05, 3.63) is 35.4 Å². The smallest absolute Gasteiger partial charge is 0.184 e. The second-order valence-electron chi connectivity index (χ2n) is 4.07. The highest BCUT2D eigenvalue weighted by atomic mass is 32.1. The van der Waals surface area contributed by atoms with Gasteiger partial charge in [0.15, 0.2) is 5.11 Å². The van der Waals surface area contributed by atoms with E-state index >= 15 is 0 Å². The van der Waals surface area contributed by atoms with E-state index in [1.165, 1.54) is 5.56 Å². The molecule has 0 aromatic heterocycles. The van der Waals surface area contributed by atoms with E-state index in [-0.39, 0.29) is 5.11 Å². The number of nitrogens with one attached hydrogen (secondary N) is 1. The molecule has 86 valence electrons. The molecule has 0 aliphatic heterocycles. The molecule has 1 rings (SSSR count). The quantitative estimate of drug-likeness (QED) is 0.477. The summed E-state index contributed by atoms with van der Waals surface area (Å²) in [5.74, 6) is 0.677. The number of rotatable bonds is 4. The van der Waals surface area contributed by atoms with Crippen molar-refractivity contribution in [2.24, 2.45) is 16.8 Å². The average Bonchev–Trinajstić information content (AvgIpc) is 2.19. The van der Waals surface area contributed by atoms with Gasteiger partial charge >= 0.3 is 0 Å². The summed E-state index contributed by atoms with van der Waals surface area (Å²) in [5.41, 5.74) is 10.1. The van der Waals surface area contributed by atoms with Gasteiger partial charge in [0, 0.05) is 0 Å². The van der Waals surface area contributed by atoms with E-state index in [1.54, 1.807) is 6.21 Å². The highest BCUT2D eigenvalue weighted by Gasteiger charge is 1.96. The number of benzene rings is 1. The highest BCUT2D eigenvalue weighted by Crippen LogP contribution is 2.08. The summed E-state index contributed by atoms with van der Waals surface area (Å²) in [6.07, 6.45) is 2.79. The lowest BCUT2D eigenvalue weighted by molar-refractivity contribution is 0.647. The van der Waals surface area contributed by atoms with Crippen LogP contribution in [0, 0.1) is 5.92 Å². The Balaban J connectivity index is 2.57. The van der Waals surface area contributed by atoms with Crippen molar-refractivity contribution in [2.45, 2.75) is 20.3 Å². The van der Waals surface area contributed by atoms with Crippen molar-refractivity contribution in [3.63, 3.8) is 0 Å². The van der Waals surface area contributed by atoms with Crippen molar-refractivity contribution < 1.29 is 0 Å². The maximum Gasteiger partial charge on any atom is 0.184 e. The van der Waals surface area contributed by atoms with Crippen molar-refractivity contribution in [1.82, 2.24) is 5.43 Å². The summed E-state index contributed by atoms with van der Waals surface area (Å²) >= 11 is 4.63. The van der Waals surface area contributed by atoms with Gasteiger partial charge < -0.3 is 5.73 Å². The van der Waals surface area contributed by atoms with Gasteiger partial charge in [0.05, 0.1) is 6.21 Å². The molecule has 3 N–H and O–H groups in total. The van der Waals surface area contributed by atoms with Crippen LogP contribution in [0.2, 0.25) is 0 Å². The van der Waals surface area contributed by atoms with Gasteiger partial charge in [0.2, 0.25) is 0 Å². The predicted molar refractivity (Wildman–Crippen MR) is 72.5 cm³/mol. The molecule has 1 aromatic rings. The zero-order valence-corrected chi connectivity index (χ0v) is 10.4. The van der Waals surface area contributed by atoms with E-state index in [0.717, 1.165) is 12.0 Å². The van der Waals surface area contributed by atoms with Crippen LogP contribution in [0.25, 0.3) is 0 Å². The number of hydrazone groups is 1. The molecule has 0 aliphatic rings. The minimum atomic E-state index is 0.174. The first-order chi connectivity index (χ1) is 7.58. The molecule has 0 atom stereocenters. The number of nitrogens with zero attached hydrogens (tertiary/aromatic N) is 1. The zero-order valence-electron chi connectivity index (χ0n) is 9.60. The molecule has 1 aromatic carbocycles. The fraction of sp³-hybridized carbons (Fsp3) is 0.333. The molecule has 4 heteroatoms. The van der Waals surface area contributed by atoms with Gasteiger partial charge in [-0.15, -0.1) is 0 Å². The molecule has 0 bridgehead atoms. The van der Waals surface area contributed by atoms with Crippen molar-refractivity contribution in [2.75, 3.05) is 0 Å². The maximum atomic E-state index is 5.24. The summed E-state index contributed by atoms with van der Waals surface area (Å²) in [6.45, 7) is 4.42. The SMILES string of the molecule is CC(C)Cc1ccc(/C=N\NC(N)=S)cc1. The van der Waals surface area contributed by atoms with Crippen molar-refractivity contribution >= 4 is 23.5 Å². The number of hydrogen-bond donors (Lipinski definition) is 2. The van der Waals surface area contributed by atoms with Crippen LogP contribution in [0.15, 0.2) is 29.4 Å². The summed E-state index contributed by atoms with van der Waals surface area (Å²) in [4.78, 5) is 0. The van der Waals surface area contributed by atoms with Crippen LogP contribution in [-0.4, -0.2) is 11.3 Å². The Hall–Kier alpha value is -1.42. The molecule has 0 radical (unpaired) electrons. The largest absolute Gasteiger partial charge is 0.375 e. The van der Waals surface area contributed by atoms with Gasteiger partial charge in [-0.3, -0.25) is 5.43 Å². The molecule has 0 unspecified atom stereocenters. The summed E-state index contributed by atoms with van der Waals surface area (Å²) in [6, 6.07) is 8.29. The standard InChI is InChI=1S/C12H17N3S/c1-9(2)7-10-3-5-11(6-4-10)8-14-15-12(13)16/h3-6,8-9H,7H2,1-2H3,(H3,13,15,16)/b14-8-. The van der Waals surface area contributed by atoms with Crippen LogP contribution in [0.3, 0.4) is 0 Å². The first-order valence-electron chi connectivity index (χ1n) is 5.25. The Labute approximate surface area is 102 Å². The Morgan fingerprint density at radius 2 is 2.06 bits per heavy atom. The van der Waals surface area contributed by atoms with Crippen LogP contribution in [-0.2, 0) is 6.42 Å². The maximum absolute atomic E-state index is 5.24. The van der Waals surface area contributed by atoms with Crippen LogP contribution < -0.4 is 11.2 Å². The lowest BCUT2D eigenvalue weighted by atomic mass is 10.0. The normalized spacial score (nSPS) is 10.9. The molecule has 0 fully saturated rings. The van der Waals surface area contributed by atoms with Crippen LogP contribution in [0.1, 0.15) is 25.0 Å². The van der Waals surface area contributed by atoms with Gasteiger partial charge in [0.1, 0.15) is 0 Å².